The number of nitrogens with one attached hydrogen (secondary N) is 1. The number of aliphatic imine (C=N–C) groups is 1. The lowest BCUT2D eigenvalue weighted by Gasteiger charge is -2.14. The molecule has 1 saturated heterocycles. The van der Waals surface area contributed by atoms with Crippen LogP contribution < -0.4 is 10.2 Å². The first-order chi connectivity index (χ1) is 12.5. The smallest absolute Gasteiger partial charge is 0.264 e. The summed E-state index contributed by atoms with van der Waals surface area (Å²) >= 11 is 2.66. The molecule has 8 heteroatoms. The van der Waals surface area contributed by atoms with Crippen LogP contribution in [0.2, 0.25) is 0 Å². The van der Waals surface area contributed by atoms with Gasteiger partial charge in [-0.05, 0) is 49.4 Å². The van der Waals surface area contributed by atoms with Crippen LogP contribution in [-0.2, 0) is 9.59 Å². The number of anilines is 1. The normalized spacial score (nSPS) is 17.0. The molecule has 0 bridgehead atoms. The number of thioether (sulfide) groups is 1. The number of carbonyl (C=O) groups excluding carboxylic acids is 2. The van der Waals surface area contributed by atoms with Crippen LogP contribution in [-0.4, -0.2) is 28.5 Å². The fourth-order valence-electron chi connectivity index (χ4n) is 2.39. The maximum absolute atomic E-state index is 12.2. The van der Waals surface area contributed by atoms with E-state index in [2.05, 4.69) is 15.3 Å². The van der Waals surface area contributed by atoms with Gasteiger partial charge >= 0.3 is 0 Å². The Morgan fingerprint density at radius 3 is 2.92 bits per heavy atom. The van der Waals surface area contributed by atoms with Gasteiger partial charge in [0.2, 0.25) is 5.91 Å². The highest BCUT2D eigenvalue weighted by atomic mass is 32.2. The fraction of sp³-hybridized carbons (Fsp3) is 0.222. The first-order valence-corrected chi connectivity index (χ1v) is 9.75. The molecule has 1 aromatic carbocycles. The number of aryl methyl sites for hydroxylation is 1. The van der Waals surface area contributed by atoms with Crippen LogP contribution in [0.15, 0.2) is 39.5 Å². The average molecular weight is 387 g/mol. The highest BCUT2D eigenvalue weighted by Crippen LogP contribution is 2.29. The van der Waals surface area contributed by atoms with E-state index in [1.165, 1.54) is 30.0 Å². The van der Waals surface area contributed by atoms with Gasteiger partial charge in [-0.25, -0.2) is 9.98 Å². The number of nitrogens with zero attached hydrogens (tertiary/aromatic N) is 3. The number of amides is 2. The minimum Gasteiger partial charge on any atom is -0.300 e. The number of hydrogen-bond acceptors (Lipinski definition) is 6. The number of rotatable bonds is 4. The van der Waals surface area contributed by atoms with Crippen LogP contribution in [0.3, 0.4) is 0 Å². The van der Waals surface area contributed by atoms with Crippen molar-refractivity contribution in [2.75, 3.05) is 11.4 Å². The summed E-state index contributed by atoms with van der Waals surface area (Å²) in [7, 11) is 0. The summed E-state index contributed by atoms with van der Waals surface area (Å²) < 4.78 is 0. The minimum absolute atomic E-state index is 0.0541. The van der Waals surface area contributed by atoms with Gasteiger partial charge in [-0.15, -0.1) is 11.3 Å². The van der Waals surface area contributed by atoms with Crippen LogP contribution in [0.5, 0.6) is 0 Å². The Kier molecular flexibility index (Phi) is 5.53. The molecule has 1 aliphatic heterocycles. The van der Waals surface area contributed by atoms with Gasteiger partial charge in [0.05, 0.1) is 16.3 Å². The summed E-state index contributed by atoms with van der Waals surface area (Å²) in [4.78, 5) is 34.8. The summed E-state index contributed by atoms with van der Waals surface area (Å²) in [6.45, 7) is 5.96. The molecular formula is C18H18N4O2S2. The van der Waals surface area contributed by atoms with E-state index in [-0.39, 0.29) is 11.8 Å². The second kappa shape index (κ2) is 7.84. The van der Waals surface area contributed by atoms with Crippen molar-refractivity contribution >= 4 is 57.0 Å². The lowest BCUT2D eigenvalue weighted by molar-refractivity contribution is -0.116. The van der Waals surface area contributed by atoms with Crippen molar-refractivity contribution in [2.45, 2.75) is 20.8 Å². The SMILES string of the molecule is CCN(C(C)=O)c1nc(/C=C2\SC(=Nc3cccc(C)c3)NC2=O)cs1. The van der Waals surface area contributed by atoms with E-state index < -0.39 is 0 Å². The molecule has 2 amide bonds. The lowest BCUT2D eigenvalue weighted by atomic mass is 10.2. The zero-order chi connectivity index (χ0) is 18.7. The molecule has 0 unspecified atom stereocenters. The van der Waals surface area contributed by atoms with Gasteiger partial charge in [-0.1, -0.05) is 12.1 Å². The van der Waals surface area contributed by atoms with Gasteiger partial charge in [0.15, 0.2) is 10.3 Å². The van der Waals surface area contributed by atoms with E-state index in [0.717, 1.165) is 11.3 Å². The van der Waals surface area contributed by atoms with E-state index in [0.29, 0.717) is 27.4 Å². The number of amidine groups is 1. The standard InChI is InChI=1S/C18H18N4O2S2/c1-4-22(12(3)23)18-20-14(10-25-18)9-15-16(24)21-17(26-15)19-13-7-5-6-11(2)8-13/h5-10H,4H2,1-3H3,(H,19,21,24)/b15-9-. The highest BCUT2D eigenvalue weighted by molar-refractivity contribution is 8.18. The molecule has 0 spiro atoms. The summed E-state index contributed by atoms with van der Waals surface area (Å²) in [5, 5.41) is 5.77. The molecule has 2 aromatic rings. The second-order valence-corrected chi connectivity index (χ2v) is 7.51. The largest absolute Gasteiger partial charge is 0.300 e. The number of hydrogen-bond donors (Lipinski definition) is 1. The molecule has 3 rings (SSSR count). The molecule has 1 aliphatic rings. The first kappa shape index (κ1) is 18.3. The van der Waals surface area contributed by atoms with E-state index in [4.69, 9.17) is 0 Å². The molecule has 6 nitrogen and oxygen atoms in total. The molecule has 0 aliphatic carbocycles. The van der Waals surface area contributed by atoms with Crippen LogP contribution >= 0.6 is 23.1 Å². The van der Waals surface area contributed by atoms with Crippen molar-refractivity contribution in [3.63, 3.8) is 0 Å². The Balaban J connectivity index is 1.79. The summed E-state index contributed by atoms with van der Waals surface area (Å²) in [5.74, 6) is -0.253. The molecule has 1 aromatic heterocycles. The molecule has 1 fully saturated rings. The third kappa shape index (κ3) is 4.20. The minimum atomic E-state index is -0.199. The van der Waals surface area contributed by atoms with E-state index >= 15 is 0 Å². The van der Waals surface area contributed by atoms with Crippen molar-refractivity contribution < 1.29 is 9.59 Å². The number of benzene rings is 1. The van der Waals surface area contributed by atoms with Gasteiger partial charge in [0.1, 0.15) is 0 Å². The van der Waals surface area contributed by atoms with E-state index in [1.807, 2.05) is 43.5 Å². The predicted molar refractivity (Wildman–Crippen MR) is 108 cm³/mol. The second-order valence-electron chi connectivity index (χ2n) is 5.64. The van der Waals surface area contributed by atoms with Gasteiger partial charge in [-0.2, -0.15) is 0 Å². The van der Waals surface area contributed by atoms with Gasteiger partial charge in [-0.3, -0.25) is 14.5 Å². The quantitative estimate of drug-likeness (QED) is 0.813. The maximum atomic E-state index is 12.2. The van der Waals surface area contributed by atoms with Crippen molar-refractivity contribution in [3.8, 4) is 0 Å². The first-order valence-electron chi connectivity index (χ1n) is 8.06. The Bertz CT molecular complexity index is 917. The molecular weight excluding hydrogens is 368 g/mol. The Hall–Kier alpha value is -2.45. The van der Waals surface area contributed by atoms with Gasteiger partial charge in [0.25, 0.3) is 5.91 Å². The fourth-order valence-corrected chi connectivity index (χ4v) is 4.11. The van der Waals surface area contributed by atoms with Crippen molar-refractivity contribution in [3.05, 3.63) is 45.8 Å². The lowest BCUT2D eigenvalue weighted by Crippen LogP contribution is -2.27. The molecule has 0 radical (unpaired) electrons. The van der Waals surface area contributed by atoms with E-state index in [9.17, 15) is 9.59 Å². The van der Waals surface area contributed by atoms with Crippen molar-refractivity contribution in [1.29, 1.82) is 0 Å². The van der Waals surface area contributed by atoms with Gasteiger partial charge in [0, 0.05) is 18.8 Å². The summed E-state index contributed by atoms with van der Waals surface area (Å²) in [5.41, 5.74) is 2.56. The molecule has 26 heavy (non-hydrogen) atoms. The molecule has 0 atom stereocenters. The summed E-state index contributed by atoms with van der Waals surface area (Å²) in [6, 6.07) is 7.77. The molecule has 0 saturated carbocycles. The number of thiazole rings is 1. The van der Waals surface area contributed by atoms with Crippen LogP contribution in [0.1, 0.15) is 25.1 Å². The van der Waals surface area contributed by atoms with Crippen LogP contribution in [0.25, 0.3) is 6.08 Å². The third-order valence-corrected chi connectivity index (χ3v) is 5.39. The zero-order valence-corrected chi connectivity index (χ0v) is 16.3. The highest BCUT2D eigenvalue weighted by Gasteiger charge is 2.24. The molecule has 134 valence electrons. The number of carbonyl (C=O) groups is 2. The Labute approximate surface area is 160 Å². The van der Waals surface area contributed by atoms with Gasteiger partial charge < -0.3 is 5.32 Å². The monoisotopic (exact) mass is 386 g/mol. The Morgan fingerprint density at radius 1 is 1.42 bits per heavy atom. The van der Waals surface area contributed by atoms with Crippen molar-refractivity contribution in [2.24, 2.45) is 4.99 Å². The van der Waals surface area contributed by atoms with Crippen LogP contribution in [0, 0.1) is 6.92 Å². The van der Waals surface area contributed by atoms with Crippen molar-refractivity contribution in [1.82, 2.24) is 10.3 Å². The predicted octanol–water partition coefficient (Wildman–Crippen LogP) is 3.72. The third-order valence-electron chi connectivity index (χ3n) is 3.60. The number of aromatic nitrogens is 1. The maximum Gasteiger partial charge on any atom is 0.264 e. The summed E-state index contributed by atoms with van der Waals surface area (Å²) in [6.07, 6.45) is 1.72. The molecule has 2 heterocycles. The van der Waals surface area contributed by atoms with E-state index in [1.54, 1.807) is 11.0 Å². The zero-order valence-electron chi connectivity index (χ0n) is 14.6. The van der Waals surface area contributed by atoms with Crippen LogP contribution in [0.4, 0.5) is 10.8 Å². The average Bonchev–Trinajstić information content (AvgIpc) is 3.15. The molecule has 1 N–H and O–H groups in total. The topological polar surface area (TPSA) is 74.7 Å². The Morgan fingerprint density at radius 2 is 2.23 bits per heavy atom.